The van der Waals surface area contributed by atoms with Crippen molar-refractivity contribution in [3.05, 3.63) is 60.2 Å². The zero-order chi connectivity index (χ0) is 21.1. The van der Waals surface area contributed by atoms with E-state index in [4.69, 9.17) is 20.1 Å². The number of halogens is 2. The summed E-state index contributed by atoms with van der Waals surface area (Å²) < 4.78 is 37.8. The van der Waals surface area contributed by atoms with Gasteiger partial charge in [0.15, 0.2) is 0 Å². The number of aromatic nitrogens is 2. The summed E-state index contributed by atoms with van der Waals surface area (Å²) in [4.78, 5) is 4.05. The fourth-order valence-corrected chi connectivity index (χ4v) is 2.18. The largest absolute Gasteiger partial charge is 0.497 e. The number of imidazole rings is 1. The lowest BCUT2D eigenvalue weighted by molar-refractivity contribution is 0.146. The topological polar surface area (TPSA) is 83.9 Å². The van der Waals surface area contributed by atoms with Gasteiger partial charge in [0, 0.05) is 30.5 Å². The number of nitrogens with zero attached hydrogens (tertiary/aromatic N) is 3. The van der Waals surface area contributed by atoms with Crippen LogP contribution in [0, 0.1) is 16.7 Å². The van der Waals surface area contributed by atoms with Crippen molar-refractivity contribution in [1.29, 1.82) is 10.7 Å². The second-order valence-corrected chi connectivity index (χ2v) is 5.23. The molecule has 0 bridgehead atoms. The van der Waals surface area contributed by atoms with Gasteiger partial charge in [0.25, 0.3) is 6.43 Å². The zero-order valence-corrected chi connectivity index (χ0v) is 16.1. The molecule has 0 radical (unpaired) electrons. The lowest BCUT2D eigenvalue weighted by atomic mass is 10.2. The van der Waals surface area contributed by atoms with Crippen LogP contribution >= 0.6 is 0 Å². The van der Waals surface area contributed by atoms with Crippen molar-refractivity contribution in [2.24, 2.45) is 0 Å². The number of hydrogen-bond donors (Lipinski definition) is 1. The molecule has 1 N–H and O–H groups in total. The van der Waals surface area contributed by atoms with Gasteiger partial charge in [-0.15, -0.1) is 0 Å². The van der Waals surface area contributed by atoms with Crippen molar-refractivity contribution in [1.82, 2.24) is 9.55 Å². The summed E-state index contributed by atoms with van der Waals surface area (Å²) in [5, 5.41) is 14.8. The van der Waals surface area contributed by atoms with Crippen LogP contribution in [-0.4, -0.2) is 29.7 Å². The molecule has 2 aromatic rings. The maximum Gasteiger partial charge on any atom is 0.281 e. The van der Waals surface area contributed by atoms with E-state index in [0.717, 1.165) is 0 Å². The molecular weight excluding hydrogens is 366 g/mol. The highest BCUT2D eigenvalue weighted by molar-refractivity contribution is 5.88. The van der Waals surface area contributed by atoms with Crippen LogP contribution in [0.4, 0.5) is 8.78 Å². The predicted octanol–water partition coefficient (Wildman–Crippen LogP) is 4.93. The molecule has 0 aliphatic rings. The average Bonchev–Trinajstić information content (AvgIpc) is 3.14. The van der Waals surface area contributed by atoms with Crippen molar-refractivity contribution in [3.8, 4) is 17.5 Å². The van der Waals surface area contributed by atoms with Crippen LogP contribution in [0.25, 0.3) is 11.3 Å². The second kappa shape index (κ2) is 11.3. The summed E-state index contributed by atoms with van der Waals surface area (Å²) in [5.74, 6) is 0.971. The van der Waals surface area contributed by atoms with E-state index in [-0.39, 0.29) is 11.6 Å². The molecule has 1 aromatic heterocycles. The van der Waals surface area contributed by atoms with Crippen molar-refractivity contribution in [2.75, 3.05) is 14.2 Å². The van der Waals surface area contributed by atoms with E-state index in [0.29, 0.717) is 22.8 Å². The Morgan fingerprint density at radius 2 is 1.86 bits per heavy atom. The van der Waals surface area contributed by atoms with Gasteiger partial charge in [-0.3, -0.25) is 9.98 Å². The Morgan fingerprint density at radius 3 is 2.32 bits per heavy atom. The maximum atomic E-state index is 13.1. The average molecular weight is 388 g/mol. The fraction of sp³-hybridized carbons (Fsp3) is 0.250. The normalized spacial score (nSPS) is 11.0. The van der Waals surface area contributed by atoms with E-state index in [1.165, 1.54) is 26.3 Å². The molecule has 1 aromatic carbocycles. The summed E-state index contributed by atoms with van der Waals surface area (Å²) >= 11 is 0. The monoisotopic (exact) mass is 388 g/mol. The van der Waals surface area contributed by atoms with E-state index in [1.54, 1.807) is 61.1 Å². The SMILES string of the molecule is C/C=C(\C=C/C(=N)OC)c1nc(C(F)F)cn1-c1ccc(OC)cc1.CC#N. The molecular formula is C20H22F2N4O2. The molecule has 1 heterocycles. The van der Waals surface area contributed by atoms with Gasteiger partial charge in [-0.2, -0.15) is 5.26 Å². The Kier molecular flexibility index (Phi) is 9.10. The van der Waals surface area contributed by atoms with Gasteiger partial charge in [0.2, 0.25) is 5.90 Å². The number of rotatable bonds is 6. The number of ether oxygens (including phenoxy) is 2. The number of methoxy groups -OCH3 is 2. The molecule has 0 amide bonds. The fourth-order valence-electron chi connectivity index (χ4n) is 2.18. The molecule has 0 saturated heterocycles. The number of benzene rings is 1. The van der Waals surface area contributed by atoms with E-state index < -0.39 is 6.43 Å². The minimum absolute atomic E-state index is 0.0454. The summed E-state index contributed by atoms with van der Waals surface area (Å²) in [5.41, 5.74) is 0.940. The smallest absolute Gasteiger partial charge is 0.281 e. The van der Waals surface area contributed by atoms with Gasteiger partial charge in [-0.1, -0.05) is 6.08 Å². The lowest BCUT2D eigenvalue weighted by Gasteiger charge is -2.09. The number of nitrogens with one attached hydrogen (secondary N) is 1. The quantitative estimate of drug-likeness (QED) is 0.432. The third kappa shape index (κ3) is 6.06. The maximum absolute atomic E-state index is 13.1. The Hall–Kier alpha value is -3.47. The van der Waals surface area contributed by atoms with Crippen molar-refractivity contribution < 1.29 is 18.3 Å². The Morgan fingerprint density at radius 1 is 1.25 bits per heavy atom. The highest BCUT2D eigenvalue weighted by atomic mass is 19.3. The minimum Gasteiger partial charge on any atom is -0.497 e. The first-order valence-electron chi connectivity index (χ1n) is 8.21. The molecule has 0 spiro atoms. The first kappa shape index (κ1) is 22.6. The predicted molar refractivity (Wildman–Crippen MR) is 104 cm³/mol. The summed E-state index contributed by atoms with van der Waals surface area (Å²) in [6.07, 6.45) is 3.39. The van der Waals surface area contributed by atoms with Crippen LogP contribution in [0.5, 0.6) is 5.75 Å². The van der Waals surface area contributed by atoms with Crippen LogP contribution in [0.2, 0.25) is 0 Å². The highest BCUT2D eigenvalue weighted by Gasteiger charge is 2.18. The molecule has 0 saturated carbocycles. The Balaban J connectivity index is 0.00000122. The molecule has 0 fully saturated rings. The number of allylic oxidation sites excluding steroid dienone is 3. The number of alkyl halides is 2. The third-order valence-corrected chi connectivity index (χ3v) is 3.50. The van der Waals surface area contributed by atoms with Crippen molar-refractivity contribution >= 4 is 11.5 Å². The zero-order valence-electron chi connectivity index (χ0n) is 16.1. The molecule has 0 unspecified atom stereocenters. The van der Waals surface area contributed by atoms with Gasteiger partial charge in [0.05, 0.1) is 20.3 Å². The van der Waals surface area contributed by atoms with Crippen molar-refractivity contribution in [2.45, 2.75) is 20.3 Å². The van der Waals surface area contributed by atoms with Crippen LogP contribution in [-0.2, 0) is 4.74 Å². The van der Waals surface area contributed by atoms with Gasteiger partial charge >= 0.3 is 0 Å². The lowest BCUT2D eigenvalue weighted by Crippen LogP contribution is -2.00. The molecule has 0 atom stereocenters. The van der Waals surface area contributed by atoms with Gasteiger partial charge < -0.3 is 9.47 Å². The molecule has 6 nitrogen and oxygen atoms in total. The van der Waals surface area contributed by atoms with E-state index in [2.05, 4.69) is 4.98 Å². The Labute approximate surface area is 162 Å². The van der Waals surface area contributed by atoms with Crippen LogP contribution < -0.4 is 4.74 Å². The van der Waals surface area contributed by atoms with Gasteiger partial charge in [0.1, 0.15) is 17.3 Å². The van der Waals surface area contributed by atoms with E-state index in [9.17, 15) is 8.78 Å². The number of hydrogen-bond acceptors (Lipinski definition) is 5. The summed E-state index contributed by atoms with van der Waals surface area (Å²) in [6, 6.07) is 8.75. The first-order valence-corrected chi connectivity index (χ1v) is 8.21. The standard InChI is InChI=1S/C18H19F2N3O2.C2H3N/c1-4-12(5-10-16(21)25-3)18-22-15(17(19)20)11-23(18)13-6-8-14(24-2)9-7-13;1-2-3/h4-11,17,21H,1-3H3;1H3/b10-5-,12-4+,21-16?;. The highest BCUT2D eigenvalue weighted by Crippen LogP contribution is 2.26. The van der Waals surface area contributed by atoms with E-state index in [1.807, 2.05) is 0 Å². The van der Waals surface area contributed by atoms with Crippen LogP contribution in [0.15, 0.2) is 48.7 Å². The van der Waals surface area contributed by atoms with Gasteiger partial charge in [-0.05, 0) is 37.3 Å². The summed E-state index contributed by atoms with van der Waals surface area (Å²) in [7, 11) is 2.94. The Bertz CT molecular complexity index is 879. The minimum atomic E-state index is -2.68. The molecule has 2 rings (SSSR count). The van der Waals surface area contributed by atoms with Crippen LogP contribution in [0.3, 0.4) is 0 Å². The number of nitriles is 1. The molecule has 8 heteroatoms. The molecule has 0 aliphatic carbocycles. The second-order valence-electron chi connectivity index (χ2n) is 5.23. The third-order valence-electron chi connectivity index (χ3n) is 3.50. The molecule has 148 valence electrons. The first-order chi connectivity index (χ1) is 13.4. The van der Waals surface area contributed by atoms with Crippen molar-refractivity contribution in [3.63, 3.8) is 0 Å². The molecule has 0 aliphatic heterocycles. The molecule has 28 heavy (non-hydrogen) atoms. The summed E-state index contributed by atoms with van der Waals surface area (Å²) in [6.45, 7) is 3.20. The van der Waals surface area contributed by atoms with Gasteiger partial charge in [-0.25, -0.2) is 13.8 Å². The van der Waals surface area contributed by atoms with E-state index >= 15 is 0 Å². The van der Waals surface area contributed by atoms with Crippen LogP contribution in [0.1, 0.15) is 31.8 Å².